The molecule has 0 fully saturated rings. The second kappa shape index (κ2) is 6.37. The summed E-state index contributed by atoms with van der Waals surface area (Å²) in [5.41, 5.74) is 1.61. The van der Waals surface area contributed by atoms with E-state index in [0.717, 1.165) is 5.56 Å². The Morgan fingerprint density at radius 2 is 1.73 bits per heavy atom. The molecule has 0 bridgehead atoms. The van der Waals surface area contributed by atoms with Gasteiger partial charge in [0.2, 0.25) is 0 Å². The fraction of sp³-hybridized carbons (Fsp3) is 0.133. The summed E-state index contributed by atoms with van der Waals surface area (Å²) in [5.74, 6) is -0.236. The minimum absolute atomic E-state index is 0.0819. The summed E-state index contributed by atoms with van der Waals surface area (Å²) in [6.45, 7) is 1.80. The number of nitrogens with one attached hydrogen (secondary N) is 2. The zero-order valence-corrected chi connectivity index (χ0v) is 13.6. The van der Waals surface area contributed by atoms with E-state index < -0.39 is 10.0 Å². The molecule has 1 amide bonds. The first-order valence-electron chi connectivity index (χ1n) is 6.44. The van der Waals surface area contributed by atoms with Crippen LogP contribution in [0.3, 0.4) is 0 Å². The summed E-state index contributed by atoms with van der Waals surface area (Å²) in [6.07, 6.45) is 0. The van der Waals surface area contributed by atoms with Gasteiger partial charge in [0.15, 0.2) is 0 Å². The SMILES string of the molecule is CNC(=O)c1ccc(NS(=O)(=O)c2ccc(C)c(Cl)c2)cc1. The first-order valence-corrected chi connectivity index (χ1v) is 8.31. The predicted molar refractivity (Wildman–Crippen MR) is 86.8 cm³/mol. The van der Waals surface area contributed by atoms with Gasteiger partial charge in [0, 0.05) is 23.3 Å². The van der Waals surface area contributed by atoms with Gasteiger partial charge in [0.25, 0.3) is 15.9 Å². The Kier molecular flexibility index (Phi) is 4.73. The average Bonchev–Trinajstić information content (AvgIpc) is 2.49. The van der Waals surface area contributed by atoms with Crippen molar-refractivity contribution in [3.63, 3.8) is 0 Å². The molecular weight excluding hydrogens is 324 g/mol. The van der Waals surface area contributed by atoms with Crippen molar-refractivity contribution < 1.29 is 13.2 Å². The zero-order chi connectivity index (χ0) is 16.3. The van der Waals surface area contributed by atoms with Crippen LogP contribution in [0.2, 0.25) is 5.02 Å². The van der Waals surface area contributed by atoms with E-state index in [2.05, 4.69) is 10.0 Å². The van der Waals surface area contributed by atoms with Gasteiger partial charge in [-0.25, -0.2) is 8.42 Å². The van der Waals surface area contributed by atoms with E-state index >= 15 is 0 Å². The van der Waals surface area contributed by atoms with Crippen LogP contribution in [0.5, 0.6) is 0 Å². The maximum atomic E-state index is 12.3. The Hall–Kier alpha value is -2.05. The summed E-state index contributed by atoms with van der Waals surface area (Å²) in [6, 6.07) is 10.7. The number of carbonyl (C=O) groups is 1. The van der Waals surface area contributed by atoms with Crippen molar-refractivity contribution >= 4 is 33.2 Å². The van der Waals surface area contributed by atoms with Gasteiger partial charge in [-0.3, -0.25) is 9.52 Å². The maximum Gasteiger partial charge on any atom is 0.261 e. The number of hydrogen-bond donors (Lipinski definition) is 2. The van der Waals surface area contributed by atoms with Crippen molar-refractivity contribution in [3.8, 4) is 0 Å². The molecule has 2 rings (SSSR count). The summed E-state index contributed by atoms with van der Waals surface area (Å²) >= 11 is 5.96. The number of carbonyl (C=O) groups excluding carboxylic acids is 1. The van der Waals surface area contributed by atoms with Crippen molar-refractivity contribution in [3.05, 3.63) is 58.6 Å². The Morgan fingerprint density at radius 1 is 1.09 bits per heavy atom. The Labute approximate surface area is 134 Å². The van der Waals surface area contributed by atoms with Gasteiger partial charge in [-0.05, 0) is 48.9 Å². The van der Waals surface area contributed by atoms with Crippen LogP contribution < -0.4 is 10.0 Å². The molecule has 0 aliphatic rings. The third-order valence-corrected chi connectivity index (χ3v) is 4.87. The van der Waals surface area contributed by atoms with E-state index in [1.54, 1.807) is 25.1 Å². The first kappa shape index (κ1) is 16.3. The highest BCUT2D eigenvalue weighted by molar-refractivity contribution is 7.92. The maximum absolute atomic E-state index is 12.3. The van der Waals surface area contributed by atoms with E-state index in [-0.39, 0.29) is 10.8 Å². The predicted octanol–water partition coefficient (Wildman–Crippen LogP) is 2.81. The Morgan fingerprint density at radius 3 is 2.27 bits per heavy atom. The highest BCUT2D eigenvalue weighted by Crippen LogP contribution is 2.22. The highest BCUT2D eigenvalue weighted by atomic mass is 35.5. The summed E-state index contributed by atoms with van der Waals surface area (Å²) < 4.78 is 27.0. The van der Waals surface area contributed by atoms with Gasteiger partial charge in [-0.2, -0.15) is 0 Å². The topological polar surface area (TPSA) is 75.3 Å². The molecule has 0 aromatic heterocycles. The highest BCUT2D eigenvalue weighted by Gasteiger charge is 2.15. The molecule has 22 heavy (non-hydrogen) atoms. The summed E-state index contributed by atoms with van der Waals surface area (Å²) in [7, 11) is -2.20. The third kappa shape index (κ3) is 3.58. The Bertz CT molecular complexity index is 802. The number of halogens is 1. The number of anilines is 1. The molecule has 0 saturated carbocycles. The lowest BCUT2D eigenvalue weighted by atomic mass is 10.2. The van der Waals surface area contributed by atoms with Crippen molar-refractivity contribution in [2.24, 2.45) is 0 Å². The van der Waals surface area contributed by atoms with Gasteiger partial charge < -0.3 is 5.32 Å². The van der Waals surface area contributed by atoms with Crippen molar-refractivity contribution in [2.75, 3.05) is 11.8 Å². The number of rotatable bonds is 4. The van der Waals surface area contributed by atoms with Crippen LogP contribution in [0.15, 0.2) is 47.4 Å². The fourth-order valence-corrected chi connectivity index (χ4v) is 3.12. The van der Waals surface area contributed by atoms with Crippen LogP contribution in [0.4, 0.5) is 5.69 Å². The molecule has 0 radical (unpaired) electrons. The molecule has 0 spiro atoms. The van der Waals surface area contributed by atoms with Gasteiger partial charge >= 0.3 is 0 Å². The fourth-order valence-electron chi connectivity index (χ4n) is 1.79. The van der Waals surface area contributed by atoms with Gasteiger partial charge in [0.05, 0.1) is 4.90 Å². The van der Waals surface area contributed by atoms with Gasteiger partial charge in [0.1, 0.15) is 0 Å². The van der Waals surface area contributed by atoms with E-state index in [4.69, 9.17) is 11.6 Å². The standard InChI is InChI=1S/C15H15ClN2O3S/c1-10-3-8-13(9-14(10)16)22(20,21)18-12-6-4-11(5-7-12)15(19)17-2/h3-9,18H,1-2H3,(H,17,19). The lowest BCUT2D eigenvalue weighted by Crippen LogP contribution is -2.18. The second-order valence-corrected chi connectivity index (χ2v) is 6.76. The molecule has 2 N–H and O–H groups in total. The van der Waals surface area contributed by atoms with Gasteiger partial charge in [-0.15, -0.1) is 0 Å². The number of amides is 1. The molecule has 0 atom stereocenters. The molecule has 0 saturated heterocycles. The molecule has 0 aliphatic carbocycles. The molecule has 0 heterocycles. The minimum atomic E-state index is -3.73. The smallest absolute Gasteiger partial charge is 0.261 e. The first-order chi connectivity index (χ1) is 10.3. The molecule has 2 aromatic rings. The molecule has 2 aromatic carbocycles. The normalized spacial score (nSPS) is 11.0. The number of hydrogen-bond acceptors (Lipinski definition) is 3. The molecule has 5 nitrogen and oxygen atoms in total. The minimum Gasteiger partial charge on any atom is -0.355 e. The lowest BCUT2D eigenvalue weighted by Gasteiger charge is -2.09. The third-order valence-electron chi connectivity index (χ3n) is 3.08. The van der Waals surface area contributed by atoms with Crippen LogP contribution in [0.25, 0.3) is 0 Å². The van der Waals surface area contributed by atoms with Crippen LogP contribution in [-0.2, 0) is 10.0 Å². The van der Waals surface area contributed by atoms with Crippen molar-refractivity contribution in [2.45, 2.75) is 11.8 Å². The van der Waals surface area contributed by atoms with Crippen molar-refractivity contribution in [1.29, 1.82) is 0 Å². The average molecular weight is 339 g/mol. The number of sulfonamides is 1. The van der Waals surface area contributed by atoms with Crippen LogP contribution in [0.1, 0.15) is 15.9 Å². The number of aryl methyl sites for hydroxylation is 1. The monoisotopic (exact) mass is 338 g/mol. The van der Waals surface area contributed by atoms with Crippen LogP contribution >= 0.6 is 11.6 Å². The summed E-state index contributed by atoms with van der Waals surface area (Å²) in [5, 5.41) is 2.88. The summed E-state index contributed by atoms with van der Waals surface area (Å²) in [4.78, 5) is 11.5. The largest absolute Gasteiger partial charge is 0.355 e. The second-order valence-electron chi connectivity index (χ2n) is 4.67. The Balaban J connectivity index is 2.25. The van der Waals surface area contributed by atoms with E-state index in [0.29, 0.717) is 16.3 Å². The van der Waals surface area contributed by atoms with E-state index in [1.807, 2.05) is 0 Å². The molecule has 7 heteroatoms. The van der Waals surface area contributed by atoms with Gasteiger partial charge in [-0.1, -0.05) is 17.7 Å². The van der Waals surface area contributed by atoms with Crippen molar-refractivity contribution in [1.82, 2.24) is 5.32 Å². The molecule has 0 aliphatic heterocycles. The molecule has 0 unspecified atom stereocenters. The van der Waals surface area contributed by atoms with Crippen LogP contribution in [-0.4, -0.2) is 21.4 Å². The van der Waals surface area contributed by atoms with E-state index in [9.17, 15) is 13.2 Å². The molecule has 116 valence electrons. The quantitative estimate of drug-likeness (QED) is 0.900. The molecular formula is C15H15ClN2O3S. The number of benzene rings is 2. The zero-order valence-electron chi connectivity index (χ0n) is 12.1. The lowest BCUT2D eigenvalue weighted by molar-refractivity contribution is 0.0963. The van der Waals surface area contributed by atoms with Crippen LogP contribution in [0, 0.1) is 6.92 Å². The van der Waals surface area contributed by atoms with E-state index in [1.165, 1.54) is 31.3 Å².